The van der Waals surface area contributed by atoms with Crippen LogP contribution in [0.4, 0.5) is 4.39 Å². The van der Waals surface area contributed by atoms with Crippen molar-refractivity contribution < 1.29 is 14.2 Å². The molecule has 0 amide bonds. The van der Waals surface area contributed by atoms with Crippen LogP contribution in [-0.2, 0) is 0 Å². The Morgan fingerprint density at radius 3 is 1.95 bits per heavy atom. The lowest BCUT2D eigenvalue weighted by Crippen LogP contribution is -2.65. The SMILES string of the molecule is CC1(C)CC(O)(Oc2ccc(F)cc2)CC(C)(C)N1.Cl. The second-order valence-electron chi connectivity index (χ2n) is 6.75. The summed E-state index contributed by atoms with van der Waals surface area (Å²) in [4.78, 5) is 0. The number of piperidine rings is 1. The number of nitrogens with one attached hydrogen (secondary N) is 1. The highest BCUT2D eigenvalue weighted by molar-refractivity contribution is 5.85. The van der Waals surface area contributed by atoms with Crippen LogP contribution in [0.15, 0.2) is 24.3 Å². The molecule has 0 spiro atoms. The van der Waals surface area contributed by atoms with Gasteiger partial charge in [0.1, 0.15) is 11.6 Å². The molecule has 20 heavy (non-hydrogen) atoms. The Morgan fingerprint density at radius 2 is 1.50 bits per heavy atom. The number of hydrogen-bond acceptors (Lipinski definition) is 3. The van der Waals surface area contributed by atoms with E-state index < -0.39 is 5.79 Å². The van der Waals surface area contributed by atoms with Crippen molar-refractivity contribution in [3.05, 3.63) is 30.1 Å². The van der Waals surface area contributed by atoms with Crippen LogP contribution in [0.2, 0.25) is 0 Å². The molecule has 114 valence electrons. The number of rotatable bonds is 2. The summed E-state index contributed by atoms with van der Waals surface area (Å²) in [6.07, 6.45) is 0.946. The van der Waals surface area contributed by atoms with Crippen LogP contribution in [0, 0.1) is 5.82 Å². The van der Waals surface area contributed by atoms with Gasteiger partial charge in [-0.05, 0) is 52.0 Å². The zero-order chi connectivity index (χ0) is 14.3. The first kappa shape index (κ1) is 17.2. The molecule has 1 saturated heterocycles. The Balaban J connectivity index is 0.00000200. The number of halogens is 2. The predicted molar refractivity (Wildman–Crippen MR) is 79.8 cm³/mol. The highest BCUT2D eigenvalue weighted by Gasteiger charge is 2.47. The molecule has 1 aromatic carbocycles. The lowest BCUT2D eigenvalue weighted by molar-refractivity contribution is -0.190. The first-order chi connectivity index (χ1) is 8.59. The second kappa shape index (κ2) is 5.51. The monoisotopic (exact) mass is 303 g/mol. The Bertz CT molecular complexity index is 443. The molecule has 1 aliphatic rings. The highest BCUT2D eigenvalue weighted by Crippen LogP contribution is 2.37. The fourth-order valence-corrected chi connectivity index (χ4v) is 3.24. The molecule has 2 rings (SSSR count). The maximum Gasteiger partial charge on any atom is 0.211 e. The smallest absolute Gasteiger partial charge is 0.211 e. The van der Waals surface area contributed by atoms with Crippen LogP contribution in [-0.4, -0.2) is 22.0 Å². The molecule has 0 aromatic heterocycles. The van der Waals surface area contributed by atoms with E-state index in [1.165, 1.54) is 24.3 Å². The molecule has 1 aromatic rings. The Labute approximate surface area is 125 Å². The van der Waals surface area contributed by atoms with Gasteiger partial charge in [0.15, 0.2) is 0 Å². The fraction of sp³-hybridized carbons (Fsp3) is 0.600. The van der Waals surface area contributed by atoms with Gasteiger partial charge in [-0.1, -0.05) is 0 Å². The first-order valence-electron chi connectivity index (χ1n) is 6.56. The maximum atomic E-state index is 12.9. The van der Waals surface area contributed by atoms with E-state index in [4.69, 9.17) is 4.74 Å². The Hall–Kier alpha value is -0.840. The number of aliphatic hydroxyl groups is 1. The van der Waals surface area contributed by atoms with Crippen molar-refractivity contribution in [3.8, 4) is 5.75 Å². The standard InChI is InChI=1S/C15H22FNO2.ClH/c1-13(2)9-15(18,10-14(3,4)17-13)19-12-7-5-11(16)6-8-12;/h5-8,17-18H,9-10H2,1-4H3;1H. The lowest BCUT2D eigenvalue weighted by atomic mass is 9.78. The van der Waals surface area contributed by atoms with Gasteiger partial charge < -0.3 is 15.2 Å². The number of hydrogen-bond donors (Lipinski definition) is 2. The van der Waals surface area contributed by atoms with E-state index in [1.807, 2.05) is 27.7 Å². The van der Waals surface area contributed by atoms with E-state index in [9.17, 15) is 9.50 Å². The Morgan fingerprint density at radius 1 is 1.05 bits per heavy atom. The van der Waals surface area contributed by atoms with E-state index >= 15 is 0 Å². The molecule has 0 bridgehead atoms. The van der Waals surface area contributed by atoms with Crippen molar-refractivity contribution in [2.24, 2.45) is 0 Å². The molecular formula is C15H23ClFNO2. The third kappa shape index (κ3) is 4.33. The number of benzene rings is 1. The van der Waals surface area contributed by atoms with Gasteiger partial charge in [0.25, 0.3) is 0 Å². The highest BCUT2D eigenvalue weighted by atomic mass is 35.5. The lowest BCUT2D eigenvalue weighted by Gasteiger charge is -2.50. The van der Waals surface area contributed by atoms with Crippen molar-refractivity contribution in [1.29, 1.82) is 0 Å². The van der Waals surface area contributed by atoms with Gasteiger partial charge in [-0.3, -0.25) is 0 Å². The predicted octanol–water partition coefficient (Wildman–Crippen LogP) is 3.26. The molecule has 0 unspecified atom stereocenters. The average Bonchev–Trinajstić information content (AvgIpc) is 2.15. The Kier molecular flexibility index (Phi) is 4.74. The molecule has 5 heteroatoms. The third-order valence-corrected chi connectivity index (χ3v) is 3.23. The van der Waals surface area contributed by atoms with E-state index in [2.05, 4.69) is 5.32 Å². The van der Waals surface area contributed by atoms with Crippen LogP contribution in [0.5, 0.6) is 5.75 Å². The molecule has 2 N–H and O–H groups in total. The molecule has 3 nitrogen and oxygen atoms in total. The van der Waals surface area contributed by atoms with Crippen LogP contribution >= 0.6 is 12.4 Å². The quantitative estimate of drug-likeness (QED) is 0.824. The zero-order valence-corrected chi connectivity index (χ0v) is 13.2. The molecule has 0 aliphatic carbocycles. The molecule has 1 aliphatic heterocycles. The summed E-state index contributed by atoms with van der Waals surface area (Å²) < 4.78 is 18.6. The normalized spacial score (nSPS) is 22.7. The van der Waals surface area contributed by atoms with Crippen molar-refractivity contribution in [2.45, 2.75) is 57.4 Å². The van der Waals surface area contributed by atoms with Crippen molar-refractivity contribution in [3.63, 3.8) is 0 Å². The van der Waals surface area contributed by atoms with Gasteiger partial charge in [-0.2, -0.15) is 0 Å². The molecule has 0 atom stereocenters. The van der Waals surface area contributed by atoms with E-state index in [1.54, 1.807) is 0 Å². The summed E-state index contributed by atoms with van der Waals surface area (Å²) in [6.45, 7) is 8.14. The molecule has 1 heterocycles. The van der Waals surface area contributed by atoms with E-state index in [-0.39, 0.29) is 29.3 Å². The van der Waals surface area contributed by atoms with Gasteiger partial charge in [0.05, 0.1) is 0 Å². The molecule has 1 fully saturated rings. The summed E-state index contributed by atoms with van der Waals surface area (Å²) >= 11 is 0. The van der Waals surface area contributed by atoms with Gasteiger partial charge in [-0.15, -0.1) is 12.4 Å². The minimum Gasteiger partial charge on any atom is -0.462 e. The van der Waals surface area contributed by atoms with Gasteiger partial charge in [-0.25, -0.2) is 4.39 Å². The molecular weight excluding hydrogens is 281 g/mol. The van der Waals surface area contributed by atoms with Crippen LogP contribution in [0.25, 0.3) is 0 Å². The summed E-state index contributed by atoms with van der Waals surface area (Å²) in [5.41, 5.74) is -0.451. The van der Waals surface area contributed by atoms with Crippen molar-refractivity contribution >= 4 is 12.4 Å². The molecule has 0 radical (unpaired) electrons. The summed E-state index contributed by atoms with van der Waals surface area (Å²) in [5, 5.41) is 14.2. The van der Waals surface area contributed by atoms with Crippen LogP contribution in [0.3, 0.4) is 0 Å². The molecule has 0 saturated carbocycles. The largest absolute Gasteiger partial charge is 0.462 e. The van der Waals surface area contributed by atoms with Crippen LogP contribution in [0.1, 0.15) is 40.5 Å². The summed E-state index contributed by atoms with van der Waals surface area (Å²) in [6, 6.07) is 5.73. The van der Waals surface area contributed by atoms with E-state index in [0.717, 1.165) is 0 Å². The van der Waals surface area contributed by atoms with Crippen molar-refractivity contribution in [2.75, 3.05) is 0 Å². The van der Waals surface area contributed by atoms with E-state index in [0.29, 0.717) is 18.6 Å². The zero-order valence-electron chi connectivity index (χ0n) is 12.4. The van der Waals surface area contributed by atoms with Crippen LogP contribution < -0.4 is 10.1 Å². The van der Waals surface area contributed by atoms with Gasteiger partial charge >= 0.3 is 0 Å². The van der Waals surface area contributed by atoms with Gasteiger partial charge in [0, 0.05) is 23.9 Å². The second-order valence-corrected chi connectivity index (χ2v) is 6.75. The minimum atomic E-state index is -1.24. The average molecular weight is 304 g/mol. The fourth-order valence-electron chi connectivity index (χ4n) is 3.24. The number of ether oxygens (including phenoxy) is 1. The minimum absolute atomic E-state index is 0. The van der Waals surface area contributed by atoms with Crippen molar-refractivity contribution in [1.82, 2.24) is 5.32 Å². The van der Waals surface area contributed by atoms with Gasteiger partial charge in [0.2, 0.25) is 5.79 Å². The third-order valence-electron chi connectivity index (χ3n) is 3.23. The summed E-state index contributed by atoms with van der Waals surface area (Å²) in [5.74, 6) is -1.07. The first-order valence-corrected chi connectivity index (χ1v) is 6.56. The topological polar surface area (TPSA) is 41.5 Å². The maximum absolute atomic E-state index is 12.9. The summed E-state index contributed by atoms with van der Waals surface area (Å²) in [7, 11) is 0.